The van der Waals surface area contributed by atoms with Crippen LogP contribution in [-0.2, 0) is 38.9 Å². The van der Waals surface area contributed by atoms with Crippen molar-refractivity contribution in [2.24, 2.45) is 0 Å². The second kappa shape index (κ2) is 35.2. The molecule has 6 aliphatic rings. The molecule has 8 heterocycles. The van der Waals surface area contributed by atoms with Gasteiger partial charge < -0.3 is 27.8 Å². The minimum Gasteiger partial charge on any atom is -0.335 e. The normalized spacial score (nSPS) is 13.3. The summed E-state index contributed by atoms with van der Waals surface area (Å²) in [5.74, 6) is -2.52. The smallest absolute Gasteiger partial charge is 0.252 e. The Kier molecular flexibility index (Phi) is 24.0. The maximum absolute atomic E-state index is 13.4. The highest BCUT2D eigenvalue weighted by Gasteiger charge is 2.43. The number of pyridine rings is 2. The van der Waals surface area contributed by atoms with E-state index < -0.39 is 81.0 Å². The predicted molar refractivity (Wildman–Crippen MR) is 469 cm³/mol. The van der Waals surface area contributed by atoms with Crippen molar-refractivity contribution in [1.82, 2.24) is 67.7 Å². The largest absolute Gasteiger partial charge is 0.335 e. The van der Waals surface area contributed by atoms with Gasteiger partial charge in [0.1, 0.15) is 115 Å². The molecule has 0 unspecified atom stereocenters. The third-order valence-electron chi connectivity index (χ3n) is 22.6. The van der Waals surface area contributed by atoms with Gasteiger partial charge in [0.05, 0.1) is 12.2 Å². The molecule has 14 aromatic rings. The molecule has 0 saturated heterocycles. The number of rotatable bonds is 12. The summed E-state index contributed by atoms with van der Waals surface area (Å²) in [7, 11) is 0. The number of hydrogen-bond acceptors (Lipinski definition) is 20. The van der Waals surface area contributed by atoms with E-state index in [1.807, 2.05) is 175 Å². The minimum absolute atomic E-state index is 0.0231. The van der Waals surface area contributed by atoms with Gasteiger partial charge in [0.25, 0.3) is 34.7 Å². The van der Waals surface area contributed by atoms with Crippen LogP contribution in [0.1, 0.15) is 274 Å². The highest BCUT2D eigenvalue weighted by atomic mass is 19.1. The third-order valence-corrected chi connectivity index (χ3v) is 22.6. The van der Waals surface area contributed by atoms with Crippen LogP contribution in [-0.4, -0.2) is 137 Å². The fourth-order valence-corrected chi connectivity index (χ4v) is 16.8. The lowest BCUT2D eigenvalue weighted by atomic mass is 9.90. The number of H-pyrrole nitrogens is 1. The van der Waals surface area contributed by atoms with E-state index in [2.05, 4.69) is 39.9 Å². The SMILES string of the molecule is CC(C)c1nc2c(n1C(C)C)C(=O)C(=O)c1ccccc1-2.CC(C)c1nc2c(n1Cc1ccccn1)C(=O)C(=O)c1ccccc1-2.CCc1nc2c(n1C(C)C)C(=O)C(=O)c1cc(F)ccc1-2.CCc1nc2c(n1CC)C(=O)C(=O)c1cc(F)ccc1-2.CCc1nc2c(n1CC)C(=O)C(=O)c1ccccc1-2.O=C1C(=O)c2[nH]c(-c3cccnc3)nc2-c2ccccc21. The molecule has 8 aromatic heterocycles. The summed E-state index contributed by atoms with van der Waals surface area (Å²) in [6.07, 6.45) is 7.10. The maximum Gasteiger partial charge on any atom is 0.252 e. The van der Waals surface area contributed by atoms with Crippen molar-refractivity contribution >= 4 is 69.4 Å². The lowest BCUT2D eigenvalue weighted by Crippen LogP contribution is -2.25. The molecule has 6 aliphatic carbocycles. The lowest BCUT2D eigenvalue weighted by molar-refractivity contribution is 0.0808. The van der Waals surface area contributed by atoms with Crippen molar-refractivity contribution in [3.8, 4) is 78.9 Å². The molecule has 0 bridgehead atoms. The Labute approximate surface area is 727 Å². The zero-order valence-corrected chi connectivity index (χ0v) is 71.8. The Morgan fingerprint density at radius 3 is 1.09 bits per heavy atom. The van der Waals surface area contributed by atoms with E-state index in [1.54, 1.807) is 83.8 Å². The first-order chi connectivity index (χ1) is 61.0. The topological polar surface area (TPSA) is 348 Å². The molecule has 0 aliphatic heterocycles. The number of carbonyl (C=O) groups excluding carboxylic acids is 12. The third kappa shape index (κ3) is 15.3. The number of benzene rings is 6. The number of aryl methyl sites for hydroxylation is 3. The van der Waals surface area contributed by atoms with E-state index in [1.165, 1.54) is 24.3 Å². The van der Waals surface area contributed by atoms with Crippen LogP contribution in [0.3, 0.4) is 0 Å². The molecule has 26 nitrogen and oxygen atoms in total. The van der Waals surface area contributed by atoms with Crippen molar-refractivity contribution in [2.75, 3.05) is 0 Å². The summed E-state index contributed by atoms with van der Waals surface area (Å²) in [4.78, 5) is 187. The van der Waals surface area contributed by atoms with Gasteiger partial charge >= 0.3 is 0 Å². The average Bonchev–Trinajstić information content (AvgIpc) is 1.61. The van der Waals surface area contributed by atoms with E-state index >= 15 is 0 Å². The summed E-state index contributed by atoms with van der Waals surface area (Å²) in [6, 6.07) is 45.8. The Morgan fingerprint density at radius 2 is 0.685 bits per heavy atom. The molecule has 1 N–H and O–H groups in total. The molecular weight excluding hydrogens is 1620 g/mol. The van der Waals surface area contributed by atoms with E-state index in [-0.39, 0.29) is 40.7 Å². The molecule has 28 heteroatoms. The second-order valence-corrected chi connectivity index (χ2v) is 31.8. The predicted octanol–water partition coefficient (Wildman–Crippen LogP) is 18.0. The molecule has 0 amide bonds. The van der Waals surface area contributed by atoms with Crippen LogP contribution in [0.4, 0.5) is 8.78 Å². The molecule has 0 saturated carbocycles. The number of ketones is 12. The Bertz CT molecular complexity index is 6970. The van der Waals surface area contributed by atoms with Crippen LogP contribution in [0.15, 0.2) is 182 Å². The van der Waals surface area contributed by atoms with E-state index in [0.717, 1.165) is 75.6 Å². The molecule has 20 rings (SSSR count). The highest BCUT2D eigenvalue weighted by Crippen LogP contribution is 2.42. The molecule has 0 atom stereocenters. The number of Topliss-reactive ketones (excluding diaryl/α,β-unsaturated/α-hetero) is 12. The Morgan fingerprint density at radius 1 is 0.323 bits per heavy atom. The molecule has 0 fully saturated rings. The van der Waals surface area contributed by atoms with Gasteiger partial charge in [-0.2, -0.15) is 0 Å². The quantitative estimate of drug-likeness (QED) is 0.111. The van der Waals surface area contributed by atoms with Crippen LogP contribution in [0, 0.1) is 11.6 Å². The van der Waals surface area contributed by atoms with Gasteiger partial charge in [-0.3, -0.25) is 67.5 Å². The first-order valence-corrected chi connectivity index (χ1v) is 41.9. The zero-order valence-electron chi connectivity index (χ0n) is 71.8. The summed E-state index contributed by atoms with van der Waals surface area (Å²) < 4.78 is 35.8. The van der Waals surface area contributed by atoms with Crippen LogP contribution >= 0.6 is 0 Å². The molecule has 0 radical (unpaired) electrons. The lowest BCUT2D eigenvalue weighted by Gasteiger charge is -2.19. The summed E-state index contributed by atoms with van der Waals surface area (Å²) in [5, 5.41) is 0. The van der Waals surface area contributed by atoms with Gasteiger partial charge in [0.2, 0.25) is 34.7 Å². The minimum atomic E-state index is -0.665. The molecule has 0 spiro atoms. The van der Waals surface area contributed by atoms with Gasteiger partial charge in [-0.05, 0) is 102 Å². The summed E-state index contributed by atoms with van der Waals surface area (Å²) >= 11 is 0. The number of aromatic amines is 1. The van der Waals surface area contributed by atoms with Gasteiger partial charge in [-0.15, -0.1) is 0 Å². The summed E-state index contributed by atoms with van der Waals surface area (Å²) in [5.41, 5.74) is 13.1. The maximum atomic E-state index is 13.4. The van der Waals surface area contributed by atoms with E-state index in [4.69, 9.17) is 4.98 Å². The fraction of sp³-hybridized carbons (Fsp3) is 0.232. The van der Waals surface area contributed by atoms with Crippen LogP contribution < -0.4 is 0 Å². The van der Waals surface area contributed by atoms with Crippen LogP contribution in [0.5, 0.6) is 0 Å². The number of hydrogen-bond donors (Lipinski definition) is 1. The number of carbonyl (C=O) groups is 12. The van der Waals surface area contributed by atoms with Crippen LogP contribution in [0.2, 0.25) is 0 Å². The first-order valence-electron chi connectivity index (χ1n) is 41.9. The number of nitrogens with zero attached hydrogens (tertiary/aromatic N) is 13. The molecule has 638 valence electrons. The zero-order chi connectivity index (χ0) is 90.6. The second-order valence-electron chi connectivity index (χ2n) is 31.8. The number of halogens is 2. The van der Waals surface area contributed by atoms with Crippen molar-refractivity contribution in [2.45, 2.75) is 153 Å². The Hall–Kier alpha value is -15.2. The van der Waals surface area contributed by atoms with E-state index in [0.29, 0.717) is 140 Å². The first kappa shape index (κ1) is 86.7. The van der Waals surface area contributed by atoms with Gasteiger partial charge in [-0.25, -0.2) is 38.7 Å². The number of imidazole rings is 6. The Balaban J connectivity index is 0.000000118. The standard InChI is InChI=1S/C20H17N3O2.C17H18N2O2.C16H15FN2O2.C16H9N3O2.C15H13FN2O2.C15H14N2O2/c1-12(2)20-22-16-14-8-3-4-9-15(14)18(24)19(25)17(16)23(20)11-13-7-5-6-10-21-13;1-9(2)17-18-13-11-7-5-6-8-12(11)15(20)16(21)14(13)19(17)10(3)4;1-4-12-18-13-10-6-5-9(17)7-11(10)15(20)16(21)14(13)19(12)8(2)3;20-14-11-6-2-1-5-10(11)12-13(15(14)21)19-16(18-12)9-4-3-7-17-8-9;1-3-11-17-12-9-6-5-8(16)7-10(9)14(19)15(20)13(12)18(11)4-2;1-3-11-16-12-9-7-5-6-8-10(9)14(18)15(19)13(12)17(11)4-2/h3-10,12H,11H2,1-2H3;5-10H,1-4H3;5-8H,4H2,1-3H3;1-8H,(H,18,19);5-7H,3-4H2,1-2H3;5-8H,3-4H2,1-2H3. The average molecular weight is 1700 g/mol. The van der Waals surface area contributed by atoms with Crippen molar-refractivity contribution in [3.63, 3.8) is 0 Å². The van der Waals surface area contributed by atoms with E-state index in [9.17, 15) is 66.3 Å². The van der Waals surface area contributed by atoms with Gasteiger partial charge in [0, 0.05) is 147 Å². The van der Waals surface area contributed by atoms with Crippen molar-refractivity contribution in [1.29, 1.82) is 0 Å². The molecule has 127 heavy (non-hydrogen) atoms. The van der Waals surface area contributed by atoms with Crippen molar-refractivity contribution in [3.05, 3.63) is 296 Å². The number of nitrogens with one attached hydrogen (secondary N) is 1. The number of aromatic nitrogens is 14. The number of fused-ring (bicyclic) bond motifs is 18. The molecular formula is C99H86F2N14O12. The summed E-state index contributed by atoms with van der Waals surface area (Å²) in [6.45, 7) is 27.4. The van der Waals surface area contributed by atoms with Gasteiger partial charge in [-0.1, -0.05) is 152 Å². The molecule has 6 aromatic carbocycles. The fourth-order valence-electron chi connectivity index (χ4n) is 16.8. The monoisotopic (exact) mass is 1700 g/mol. The van der Waals surface area contributed by atoms with Crippen molar-refractivity contribution < 1.29 is 66.3 Å². The van der Waals surface area contributed by atoms with Gasteiger partial charge in [0.15, 0.2) is 0 Å². The highest BCUT2D eigenvalue weighted by molar-refractivity contribution is 6.55. The van der Waals surface area contributed by atoms with Crippen LogP contribution in [0.25, 0.3) is 78.9 Å².